The van der Waals surface area contributed by atoms with E-state index in [0.29, 0.717) is 12.2 Å². The zero-order chi connectivity index (χ0) is 11.8. The zero-order valence-corrected chi connectivity index (χ0v) is 9.00. The standard InChI is InChI=1S/C11H13FN2O2/c1-11(4-5-11)7-13-9-3-2-8(12)6-10(9)14(15)16/h2-3,6,13H,4-5,7H2,1H3. The molecule has 0 unspecified atom stereocenters. The third kappa shape index (κ3) is 2.29. The first-order valence-corrected chi connectivity index (χ1v) is 5.18. The van der Waals surface area contributed by atoms with Gasteiger partial charge in [0.1, 0.15) is 11.5 Å². The second kappa shape index (κ2) is 3.73. The van der Waals surface area contributed by atoms with Crippen LogP contribution in [0.5, 0.6) is 0 Å². The van der Waals surface area contributed by atoms with Crippen LogP contribution in [0, 0.1) is 21.3 Å². The molecule has 0 heterocycles. The maximum atomic E-state index is 12.9. The monoisotopic (exact) mass is 224 g/mol. The van der Waals surface area contributed by atoms with Gasteiger partial charge in [-0.1, -0.05) is 6.92 Å². The van der Waals surface area contributed by atoms with Crippen LogP contribution in [0.1, 0.15) is 19.8 Å². The van der Waals surface area contributed by atoms with E-state index in [1.165, 1.54) is 12.1 Å². The lowest BCUT2D eigenvalue weighted by Crippen LogP contribution is -2.12. The molecule has 16 heavy (non-hydrogen) atoms. The highest BCUT2D eigenvalue weighted by Gasteiger charge is 2.37. The Bertz CT molecular complexity index is 430. The molecule has 0 radical (unpaired) electrons. The van der Waals surface area contributed by atoms with Gasteiger partial charge in [0.05, 0.1) is 11.0 Å². The summed E-state index contributed by atoms with van der Waals surface area (Å²) in [4.78, 5) is 10.1. The van der Waals surface area contributed by atoms with Crippen molar-refractivity contribution < 1.29 is 9.31 Å². The molecule has 1 aromatic rings. The number of nitro groups is 1. The Labute approximate surface area is 92.6 Å². The van der Waals surface area contributed by atoms with Crippen LogP contribution in [0.3, 0.4) is 0 Å². The average molecular weight is 224 g/mol. The van der Waals surface area contributed by atoms with Crippen LogP contribution in [0.4, 0.5) is 15.8 Å². The topological polar surface area (TPSA) is 55.2 Å². The largest absolute Gasteiger partial charge is 0.379 e. The molecular weight excluding hydrogens is 211 g/mol. The highest BCUT2D eigenvalue weighted by Crippen LogP contribution is 2.45. The zero-order valence-electron chi connectivity index (χ0n) is 9.00. The molecule has 0 amide bonds. The van der Waals surface area contributed by atoms with Crippen molar-refractivity contribution in [3.63, 3.8) is 0 Å². The Morgan fingerprint density at radius 3 is 2.81 bits per heavy atom. The van der Waals surface area contributed by atoms with Gasteiger partial charge >= 0.3 is 0 Å². The van der Waals surface area contributed by atoms with Crippen molar-refractivity contribution in [3.8, 4) is 0 Å². The Morgan fingerprint density at radius 1 is 1.56 bits per heavy atom. The van der Waals surface area contributed by atoms with E-state index in [1.807, 2.05) is 0 Å². The van der Waals surface area contributed by atoms with Crippen LogP contribution in [0.15, 0.2) is 18.2 Å². The maximum absolute atomic E-state index is 12.9. The molecule has 1 aliphatic carbocycles. The minimum absolute atomic E-state index is 0.204. The molecule has 0 aromatic heterocycles. The highest BCUT2D eigenvalue weighted by molar-refractivity contribution is 5.61. The predicted octanol–water partition coefficient (Wildman–Crippen LogP) is 2.95. The number of benzene rings is 1. The fourth-order valence-electron chi connectivity index (χ4n) is 1.50. The van der Waals surface area contributed by atoms with Crippen LogP contribution in [0.2, 0.25) is 0 Å². The Morgan fingerprint density at radius 2 is 2.25 bits per heavy atom. The molecule has 1 saturated carbocycles. The quantitative estimate of drug-likeness (QED) is 0.631. The van der Waals surface area contributed by atoms with E-state index in [2.05, 4.69) is 12.2 Å². The molecule has 5 heteroatoms. The van der Waals surface area contributed by atoms with E-state index < -0.39 is 10.7 Å². The predicted molar refractivity (Wildman–Crippen MR) is 58.9 cm³/mol. The number of nitrogens with zero attached hydrogens (tertiary/aromatic N) is 1. The Hall–Kier alpha value is -1.65. The van der Waals surface area contributed by atoms with Crippen molar-refractivity contribution >= 4 is 11.4 Å². The van der Waals surface area contributed by atoms with E-state index in [0.717, 1.165) is 18.9 Å². The van der Waals surface area contributed by atoms with E-state index in [-0.39, 0.29) is 11.1 Å². The molecule has 86 valence electrons. The number of halogens is 1. The SMILES string of the molecule is CC1(CNc2ccc(F)cc2[N+](=O)[O-])CC1. The summed E-state index contributed by atoms with van der Waals surface area (Å²) in [6.45, 7) is 2.81. The summed E-state index contributed by atoms with van der Waals surface area (Å²) in [5, 5.41) is 13.7. The van der Waals surface area contributed by atoms with E-state index in [4.69, 9.17) is 0 Å². The number of anilines is 1. The van der Waals surface area contributed by atoms with Gasteiger partial charge in [0.25, 0.3) is 5.69 Å². The van der Waals surface area contributed by atoms with Gasteiger partial charge in [-0.2, -0.15) is 0 Å². The molecule has 1 aliphatic rings. The van der Waals surface area contributed by atoms with Crippen LogP contribution in [0.25, 0.3) is 0 Å². The number of rotatable bonds is 4. The van der Waals surface area contributed by atoms with E-state index in [1.54, 1.807) is 0 Å². The Kier molecular flexibility index (Phi) is 2.53. The number of nitrogens with one attached hydrogen (secondary N) is 1. The van der Waals surface area contributed by atoms with Gasteiger partial charge in [-0.05, 0) is 30.4 Å². The van der Waals surface area contributed by atoms with Crippen molar-refractivity contribution in [3.05, 3.63) is 34.1 Å². The molecule has 0 atom stereocenters. The van der Waals surface area contributed by atoms with Crippen molar-refractivity contribution in [1.82, 2.24) is 0 Å². The molecule has 2 rings (SSSR count). The molecule has 1 fully saturated rings. The molecule has 4 nitrogen and oxygen atoms in total. The minimum atomic E-state index is -0.588. The molecule has 1 aromatic carbocycles. The first-order valence-electron chi connectivity index (χ1n) is 5.18. The van der Waals surface area contributed by atoms with Gasteiger partial charge in [-0.25, -0.2) is 4.39 Å². The van der Waals surface area contributed by atoms with Crippen molar-refractivity contribution in [2.75, 3.05) is 11.9 Å². The molecule has 0 bridgehead atoms. The van der Waals surface area contributed by atoms with E-state index in [9.17, 15) is 14.5 Å². The fraction of sp³-hybridized carbons (Fsp3) is 0.455. The smallest absolute Gasteiger partial charge is 0.295 e. The molecule has 0 aliphatic heterocycles. The molecule has 0 spiro atoms. The molecular formula is C11H13FN2O2. The lowest BCUT2D eigenvalue weighted by Gasteiger charge is -2.11. The number of hydrogen-bond donors (Lipinski definition) is 1. The summed E-state index contributed by atoms with van der Waals surface area (Å²) in [5.41, 5.74) is 0.436. The van der Waals surface area contributed by atoms with Gasteiger partial charge in [-0.3, -0.25) is 10.1 Å². The normalized spacial score (nSPS) is 16.9. The summed E-state index contributed by atoms with van der Waals surface area (Å²) >= 11 is 0. The van der Waals surface area contributed by atoms with E-state index >= 15 is 0 Å². The number of hydrogen-bond acceptors (Lipinski definition) is 3. The fourth-order valence-corrected chi connectivity index (χ4v) is 1.50. The van der Waals surface area contributed by atoms with Gasteiger partial charge in [-0.15, -0.1) is 0 Å². The Balaban J connectivity index is 2.15. The summed E-state index contributed by atoms with van der Waals surface area (Å²) in [5.74, 6) is -0.588. The summed E-state index contributed by atoms with van der Waals surface area (Å²) in [6.07, 6.45) is 2.27. The van der Waals surface area contributed by atoms with Crippen LogP contribution >= 0.6 is 0 Å². The van der Waals surface area contributed by atoms with Crippen LogP contribution < -0.4 is 5.32 Å². The second-order valence-corrected chi connectivity index (χ2v) is 4.58. The van der Waals surface area contributed by atoms with Gasteiger partial charge < -0.3 is 5.32 Å². The van der Waals surface area contributed by atoms with Crippen molar-refractivity contribution in [2.24, 2.45) is 5.41 Å². The lowest BCUT2D eigenvalue weighted by atomic mass is 10.1. The first kappa shape index (κ1) is 10.9. The maximum Gasteiger partial charge on any atom is 0.295 e. The van der Waals surface area contributed by atoms with Gasteiger partial charge in [0.15, 0.2) is 0 Å². The van der Waals surface area contributed by atoms with Crippen molar-refractivity contribution in [1.29, 1.82) is 0 Å². The highest BCUT2D eigenvalue weighted by atomic mass is 19.1. The third-order valence-electron chi connectivity index (χ3n) is 2.97. The van der Waals surface area contributed by atoms with Gasteiger partial charge in [0.2, 0.25) is 0 Å². The summed E-state index contributed by atoms with van der Waals surface area (Å²) in [7, 11) is 0. The summed E-state index contributed by atoms with van der Waals surface area (Å²) in [6, 6.07) is 3.58. The molecule has 1 N–H and O–H groups in total. The average Bonchev–Trinajstić information content (AvgIpc) is 2.95. The van der Waals surface area contributed by atoms with Crippen LogP contribution in [-0.4, -0.2) is 11.5 Å². The second-order valence-electron chi connectivity index (χ2n) is 4.58. The number of nitro benzene ring substituents is 1. The van der Waals surface area contributed by atoms with Crippen LogP contribution in [-0.2, 0) is 0 Å². The van der Waals surface area contributed by atoms with Crippen molar-refractivity contribution in [2.45, 2.75) is 19.8 Å². The minimum Gasteiger partial charge on any atom is -0.379 e. The summed E-state index contributed by atoms with van der Waals surface area (Å²) < 4.78 is 12.9. The third-order valence-corrected chi connectivity index (χ3v) is 2.97. The van der Waals surface area contributed by atoms with Gasteiger partial charge in [0, 0.05) is 6.54 Å². The first-order chi connectivity index (χ1) is 7.50. The molecule has 0 saturated heterocycles. The lowest BCUT2D eigenvalue weighted by molar-refractivity contribution is -0.384.